The summed E-state index contributed by atoms with van der Waals surface area (Å²) < 4.78 is 1.07. The SMILES string of the molecule is Nc1c(C=Cc2ccc(Br)cc2)ccc(-c2ccccc2)c1-c1ccccc1. The predicted octanol–water partition coefficient (Wildman–Crippen LogP) is 7.54. The molecule has 0 fully saturated rings. The highest BCUT2D eigenvalue weighted by molar-refractivity contribution is 9.10. The lowest BCUT2D eigenvalue weighted by atomic mass is 9.90. The van der Waals surface area contributed by atoms with Crippen LogP contribution in [0, 0.1) is 0 Å². The zero-order chi connectivity index (χ0) is 19.3. The van der Waals surface area contributed by atoms with E-state index in [9.17, 15) is 0 Å². The third-order valence-corrected chi connectivity index (χ3v) is 5.28. The van der Waals surface area contributed by atoms with E-state index in [0.29, 0.717) is 0 Å². The molecule has 4 aromatic rings. The van der Waals surface area contributed by atoms with E-state index in [-0.39, 0.29) is 0 Å². The third kappa shape index (κ3) is 3.92. The van der Waals surface area contributed by atoms with Crippen LogP contribution in [0.1, 0.15) is 11.1 Å². The molecular formula is C26H20BrN. The second-order valence-electron chi connectivity index (χ2n) is 6.61. The molecule has 28 heavy (non-hydrogen) atoms. The number of anilines is 1. The molecule has 2 heteroatoms. The van der Waals surface area contributed by atoms with Crippen molar-refractivity contribution in [2.24, 2.45) is 0 Å². The smallest absolute Gasteiger partial charge is 0.0473 e. The molecule has 0 saturated heterocycles. The number of nitrogen functional groups attached to an aromatic ring is 1. The molecule has 0 atom stereocenters. The van der Waals surface area contributed by atoms with Crippen LogP contribution in [0.25, 0.3) is 34.4 Å². The number of hydrogen-bond acceptors (Lipinski definition) is 1. The minimum atomic E-state index is 0.793. The molecule has 0 unspecified atom stereocenters. The Hall–Kier alpha value is -3.10. The van der Waals surface area contributed by atoms with Gasteiger partial charge in [0.15, 0.2) is 0 Å². The predicted molar refractivity (Wildman–Crippen MR) is 125 cm³/mol. The van der Waals surface area contributed by atoms with Crippen molar-refractivity contribution in [3.8, 4) is 22.3 Å². The van der Waals surface area contributed by atoms with E-state index in [0.717, 1.165) is 43.5 Å². The molecule has 0 heterocycles. The summed E-state index contributed by atoms with van der Waals surface area (Å²) >= 11 is 3.47. The van der Waals surface area contributed by atoms with Gasteiger partial charge in [-0.15, -0.1) is 0 Å². The minimum absolute atomic E-state index is 0.793. The van der Waals surface area contributed by atoms with Gasteiger partial charge in [0, 0.05) is 15.7 Å². The average Bonchev–Trinajstić information content (AvgIpc) is 2.75. The van der Waals surface area contributed by atoms with Crippen LogP contribution in [0.5, 0.6) is 0 Å². The highest BCUT2D eigenvalue weighted by Crippen LogP contribution is 2.39. The maximum Gasteiger partial charge on any atom is 0.0473 e. The number of halogens is 1. The van der Waals surface area contributed by atoms with Gasteiger partial charge >= 0.3 is 0 Å². The molecule has 136 valence electrons. The number of rotatable bonds is 4. The van der Waals surface area contributed by atoms with E-state index in [4.69, 9.17) is 5.73 Å². The molecule has 0 aromatic heterocycles. The molecule has 0 amide bonds. The summed E-state index contributed by atoms with van der Waals surface area (Å²) in [5.74, 6) is 0. The van der Waals surface area contributed by atoms with Crippen molar-refractivity contribution in [3.05, 3.63) is 113 Å². The van der Waals surface area contributed by atoms with Gasteiger partial charge in [0.05, 0.1) is 0 Å². The van der Waals surface area contributed by atoms with Gasteiger partial charge in [-0.05, 0) is 39.9 Å². The van der Waals surface area contributed by atoms with Gasteiger partial charge in [0.25, 0.3) is 0 Å². The standard InChI is InChI=1S/C26H20BrN/c27-23-16-12-19(13-17-23)11-14-22-15-18-24(20-7-3-1-4-8-20)25(26(22)28)21-9-5-2-6-10-21/h1-18H,28H2. The lowest BCUT2D eigenvalue weighted by Gasteiger charge is -2.15. The Labute approximate surface area is 174 Å². The fourth-order valence-electron chi connectivity index (χ4n) is 3.31. The molecule has 4 rings (SSSR count). The first kappa shape index (κ1) is 18.3. The lowest BCUT2D eigenvalue weighted by molar-refractivity contribution is 1.56. The Morgan fingerprint density at radius 2 is 1.21 bits per heavy atom. The van der Waals surface area contributed by atoms with Crippen LogP contribution in [-0.4, -0.2) is 0 Å². The fourth-order valence-corrected chi connectivity index (χ4v) is 3.58. The van der Waals surface area contributed by atoms with Gasteiger partial charge < -0.3 is 5.73 Å². The average molecular weight is 426 g/mol. The molecule has 0 saturated carbocycles. The highest BCUT2D eigenvalue weighted by atomic mass is 79.9. The zero-order valence-electron chi connectivity index (χ0n) is 15.3. The second kappa shape index (κ2) is 8.28. The Kier molecular flexibility index (Phi) is 5.41. The Bertz CT molecular complexity index is 1100. The maximum atomic E-state index is 6.68. The molecule has 0 spiro atoms. The van der Waals surface area contributed by atoms with Crippen molar-refractivity contribution in [1.82, 2.24) is 0 Å². The summed E-state index contributed by atoms with van der Waals surface area (Å²) in [5.41, 5.74) is 14.1. The van der Waals surface area contributed by atoms with Gasteiger partial charge in [-0.1, -0.05) is 113 Å². The quantitative estimate of drug-likeness (QED) is 0.265. The Balaban J connectivity index is 1.83. The molecule has 0 radical (unpaired) electrons. The molecule has 2 N–H and O–H groups in total. The molecule has 0 bridgehead atoms. The van der Waals surface area contributed by atoms with E-state index in [1.165, 1.54) is 0 Å². The van der Waals surface area contributed by atoms with Crippen LogP contribution in [-0.2, 0) is 0 Å². The normalized spacial score (nSPS) is 11.0. The van der Waals surface area contributed by atoms with Gasteiger partial charge in [0.2, 0.25) is 0 Å². The molecule has 1 nitrogen and oxygen atoms in total. The first-order chi connectivity index (χ1) is 13.7. The van der Waals surface area contributed by atoms with Crippen LogP contribution in [0.15, 0.2) is 102 Å². The van der Waals surface area contributed by atoms with Crippen LogP contribution in [0.3, 0.4) is 0 Å². The molecule has 4 aromatic carbocycles. The summed E-state index contributed by atoms with van der Waals surface area (Å²) in [6.07, 6.45) is 4.18. The minimum Gasteiger partial charge on any atom is -0.398 e. The van der Waals surface area contributed by atoms with Crippen LogP contribution in [0.4, 0.5) is 5.69 Å². The van der Waals surface area contributed by atoms with Crippen LogP contribution < -0.4 is 5.73 Å². The summed E-state index contributed by atoms with van der Waals surface area (Å²) in [6.45, 7) is 0. The second-order valence-corrected chi connectivity index (χ2v) is 7.52. The molecular weight excluding hydrogens is 406 g/mol. The molecule has 0 aliphatic rings. The molecule has 0 aliphatic carbocycles. The summed E-state index contributed by atoms with van der Waals surface area (Å²) in [5, 5.41) is 0. The third-order valence-electron chi connectivity index (χ3n) is 4.75. The van der Waals surface area contributed by atoms with E-state index in [1.807, 2.05) is 36.4 Å². The van der Waals surface area contributed by atoms with Crippen molar-refractivity contribution in [1.29, 1.82) is 0 Å². The van der Waals surface area contributed by atoms with Crippen LogP contribution in [0.2, 0.25) is 0 Å². The first-order valence-electron chi connectivity index (χ1n) is 9.19. The highest BCUT2D eigenvalue weighted by Gasteiger charge is 2.13. The van der Waals surface area contributed by atoms with Crippen molar-refractivity contribution in [2.45, 2.75) is 0 Å². The topological polar surface area (TPSA) is 26.0 Å². The van der Waals surface area contributed by atoms with E-state index in [2.05, 4.69) is 88.7 Å². The van der Waals surface area contributed by atoms with E-state index in [1.54, 1.807) is 0 Å². The zero-order valence-corrected chi connectivity index (χ0v) is 16.9. The Morgan fingerprint density at radius 1 is 0.607 bits per heavy atom. The monoisotopic (exact) mass is 425 g/mol. The van der Waals surface area contributed by atoms with Crippen molar-refractivity contribution in [3.63, 3.8) is 0 Å². The molecule has 0 aliphatic heterocycles. The lowest BCUT2D eigenvalue weighted by Crippen LogP contribution is -1.97. The summed E-state index contributed by atoms with van der Waals surface area (Å²) in [7, 11) is 0. The maximum absolute atomic E-state index is 6.68. The fraction of sp³-hybridized carbons (Fsp3) is 0. The Morgan fingerprint density at radius 3 is 1.86 bits per heavy atom. The number of nitrogens with two attached hydrogens (primary N) is 1. The van der Waals surface area contributed by atoms with Crippen molar-refractivity contribution < 1.29 is 0 Å². The largest absolute Gasteiger partial charge is 0.398 e. The van der Waals surface area contributed by atoms with E-state index >= 15 is 0 Å². The van der Waals surface area contributed by atoms with Gasteiger partial charge in [-0.25, -0.2) is 0 Å². The number of benzene rings is 4. The summed E-state index contributed by atoms with van der Waals surface area (Å²) in [6, 6.07) is 33.2. The van der Waals surface area contributed by atoms with Gasteiger partial charge in [-0.2, -0.15) is 0 Å². The number of hydrogen-bond donors (Lipinski definition) is 1. The van der Waals surface area contributed by atoms with Crippen molar-refractivity contribution >= 4 is 33.8 Å². The van der Waals surface area contributed by atoms with Gasteiger partial charge in [0.1, 0.15) is 0 Å². The van der Waals surface area contributed by atoms with E-state index < -0.39 is 0 Å². The summed E-state index contributed by atoms with van der Waals surface area (Å²) in [4.78, 5) is 0. The first-order valence-corrected chi connectivity index (χ1v) is 9.98. The van der Waals surface area contributed by atoms with Crippen molar-refractivity contribution in [2.75, 3.05) is 5.73 Å². The van der Waals surface area contributed by atoms with Crippen LogP contribution >= 0.6 is 15.9 Å². The van der Waals surface area contributed by atoms with Gasteiger partial charge in [-0.3, -0.25) is 0 Å².